The molecule has 0 N–H and O–H groups in total. The van der Waals surface area contributed by atoms with Crippen molar-refractivity contribution in [2.24, 2.45) is 21.7 Å². The van der Waals surface area contributed by atoms with Gasteiger partial charge in [0.15, 0.2) is 0 Å². The van der Waals surface area contributed by atoms with Gasteiger partial charge in [0, 0.05) is 0 Å². The van der Waals surface area contributed by atoms with E-state index >= 15 is 0 Å². The van der Waals surface area contributed by atoms with Gasteiger partial charge in [-0.1, -0.05) is 60.8 Å². The lowest BCUT2D eigenvalue weighted by atomic mass is 9.67. The minimum atomic E-state index is 0.538. The molecular weight excluding hydrogens is 228 g/mol. The summed E-state index contributed by atoms with van der Waals surface area (Å²) in [5.74, 6) is 0. The van der Waals surface area contributed by atoms with Crippen LogP contribution in [0.5, 0.6) is 0 Å². The lowest BCUT2D eigenvalue weighted by Gasteiger charge is -2.38. The Kier molecular flexibility index (Phi) is 3.87. The molecule has 0 saturated heterocycles. The molecule has 0 aromatic rings. The van der Waals surface area contributed by atoms with Crippen LogP contribution in [0.4, 0.5) is 0 Å². The van der Waals surface area contributed by atoms with Crippen LogP contribution in [0.15, 0.2) is 0 Å². The fraction of sp³-hybridized carbons (Fsp3) is 1.00. The standard InChI is InChI=1S/C19H36/c1-7-10-16(3,4)13-19(8-2)14-17(5)11-9-12-18(17,6)15-19/h7-15H2,1-6H3. The molecule has 19 heavy (non-hydrogen) atoms. The summed E-state index contributed by atoms with van der Waals surface area (Å²) in [6, 6.07) is 0. The van der Waals surface area contributed by atoms with Crippen LogP contribution in [0, 0.1) is 21.7 Å². The summed E-state index contributed by atoms with van der Waals surface area (Å²) < 4.78 is 0. The third-order valence-electron chi connectivity index (χ3n) is 6.97. The predicted octanol–water partition coefficient (Wildman–Crippen LogP) is 6.59. The molecule has 0 aromatic carbocycles. The molecule has 0 spiro atoms. The highest BCUT2D eigenvalue weighted by atomic mass is 14.6. The van der Waals surface area contributed by atoms with Gasteiger partial charge in [-0.25, -0.2) is 0 Å². The molecule has 2 unspecified atom stereocenters. The molecule has 2 atom stereocenters. The maximum absolute atomic E-state index is 2.60. The lowest BCUT2D eigenvalue weighted by Crippen LogP contribution is -2.27. The van der Waals surface area contributed by atoms with E-state index in [0.29, 0.717) is 21.7 Å². The first-order valence-corrected chi connectivity index (χ1v) is 8.70. The van der Waals surface area contributed by atoms with Gasteiger partial charge < -0.3 is 0 Å². The predicted molar refractivity (Wildman–Crippen MR) is 85.3 cm³/mol. The van der Waals surface area contributed by atoms with Gasteiger partial charge in [0.05, 0.1) is 0 Å². The molecule has 0 radical (unpaired) electrons. The minimum absolute atomic E-state index is 0.538. The average Bonchev–Trinajstić information content (AvgIpc) is 2.63. The summed E-state index contributed by atoms with van der Waals surface area (Å²) in [6.07, 6.45) is 13.0. The van der Waals surface area contributed by atoms with Crippen LogP contribution >= 0.6 is 0 Å². The highest BCUT2D eigenvalue weighted by molar-refractivity contribution is 5.10. The molecule has 2 fully saturated rings. The van der Waals surface area contributed by atoms with Crippen LogP contribution in [0.1, 0.15) is 99.3 Å². The van der Waals surface area contributed by atoms with E-state index in [1.165, 1.54) is 57.8 Å². The van der Waals surface area contributed by atoms with E-state index in [1.807, 2.05) is 0 Å². The quantitative estimate of drug-likeness (QED) is 0.525. The second-order valence-corrected chi connectivity index (χ2v) is 9.27. The molecule has 0 heterocycles. The van der Waals surface area contributed by atoms with Crippen LogP contribution in [-0.2, 0) is 0 Å². The van der Waals surface area contributed by atoms with Gasteiger partial charge in [-0.3, -0.25) is 0 Å². The smallest absolute Gasteiger partial charge is 0.0266 e. The van der Waals surface area contributed by atoms with Gasteiger partial charge in [0.2, 0.25) is 0 Å². The second kappa shape index (κ2) is 4.78. The van der Waals surface area contributed by atoms with Crippen molar-refractivity contribution in [1.82, 2.24) is 0 Å². The highest BCUT2D eigenvalue weighted by Crippen LogP contribution is 2.70. The van der Waals surface area contributed by atoms with E-state index in [-0.39, 0.29) is 0 Å². The van der Waals surface area contributed by atoms with Crippen LogP contribution < -0.4 is 0 Å². The topological polar surface area (TPSA) is 0 Å². The molecule has 0 bridgehead atoms. The van der Waals surface area contributed by atoms with Crippen molar-refractivity contribution in [3.63, 3.8) is 0 Å². The van der Waals surface area contributed by atoms with Crippen LogP contribution in [0.3, 0.4) is 0 Å². The molecule has 0 nitrogen and oxygen atoms in total. The van der Waals surface area contributed by atoms with Gasteiger partial charge in [-0.2, -0.15) is 0 Å². The Labute approximate surface area is 121 Å². The highest BCUT2D eigenvalue weighted by Gasteiger charge is 2.60. The molecule has 0 amide bonds. The minimum Gasteiger partial charge on any atom is -0.0654 e. The van der Waals surface area contributed by atoms with Crippen molar-refractivity contribution in [3.05, 3.63) is 0 Å². The Morgan fingerprint density at radius 1 is 0.947 bits per heavy atom. The Morgan fingerprint density at radius 3 is 1.89 bits per heavy atom. The monoisotopic (exact) mass is 264 g/mol. The number of fused-ring (bicyclic) bond motifs is 1. The summed E-state index contributed by atoms with van der Waals surface area (Å²) in [4.78, 5) is 0. The summed E-state index contributed by atoms with van der Waals surface area (Å²) in [5.41, 5.74) is 2.47. The second-order valence-electron chi connectivity index (χ2n) is 9.27. The van der Waals surface area contributed by atoms with Gasteiger partial charge in [-0.15, -0.1) is 0 Å². The fourth-order valence-electron chi connectivity index (χ4n) is 6.07. The first-order valence-electron chi connectivity index (χ1n) is 8.70. The van der Waals surface area contributed by atoms with Gasteiger partial charge in [0.1, 0.15) is 0 Å². The first kappa shape index (κ1) is 15.4. The zero-order chi connectivity index (χ0) is 14.4. The Balaban J connectivity index is 2.18. The molecule has 2 rings (SSSR count). The van der Waals surface area contributed by atoms with Crippen LogP contribution in [0.2, 0.25) is 0 Å². The Bertz CT molecular complexity index is 309. The van der Waals surface area contributed by atoms with Gasteiger partial charge in [-0.05, 0) is 60.2 Å². The van der Waals surface area contributed by atoms with Gasteiger partial charge >= 0.3 is 0 Å². The summed E-state index contributed by atoms with van der Waals surface area (Å²) in [6.45, 7) is 15.0. The van der Waals surface area contributed by atoms with Gasteiger partial charge in [0.25, 0.3) is 0 Å². The van der Waals surface area contributed by atoms with Crippen molar-refractivity contribution in [2.75, 3.05) is 0 Å². The van der Waals surface area contributed by atoms with Crippen molar-refractivity contribution in [1.29, 1.82) is 0 Å². The third kappa shape index (κ3) is 2.61. The zero-order valence-electron chi connectivity index (χ0n) is 14.4. The average molecular weight is 264 g/mol. The largest absolute Gasteiger partial charge is 0.0654 e. The molecule has 0 aliphatic heterocycles. The van der Waals surface area contributed by atoms with Crippen molar-refractivity contribution >= 4 is 0 Å². The van der Waals surface area contributed by atoms with Crippen molar-refractivity contribution in [2.45, 2.75) is 99.3 Å². The number of hydrogen-bond acceptors (Lipinski definition) is 0. The SMILES string of the molecule is CCCC(C)(C)CC1(CC)CC2(C)CCCC2(C)C1. The van der Waals surface area contributed by atoms with E-state index in [0.717, 1.165) is 0 Å². The molecule has 2 saturated carbocycles. The molecule has 0 heteroatoms. The number of rotatable bonds is 5. The molecular formula is C19H36. The Morgan fingerprint density at radius 2 is 1.47 bits per heavy atom. The van der Waals surface area contributed by atoms with Crippen LogP contribution in [0.25, 0.3) is 0 Å². The maximum Gasteiger partial charge on any atom is -0.0266 e. The van der Waals surface area contributed by atoms with Crippen molar-refractivity contribution < 1.29 is 0 Å². The fourth-order valence-corrected chi connectivity index (χ4v) is 6.07. The third-order valence-corrected chi connectivity index (χ3v) is 6.97. The normalized spacial score (nSPS) is 42.6. The van der Waals surface area contributed by atoms with E-state index < -0.39 is 0 Å². The molecule has 2 aliphatic carbocycles. The molecule has 112 valence electrons. The first-order chi connectivity index (χ1) is 8.70. The summed E-state index contributed by atoms with van der Waals surface area (Å²) >= 11 is 0. The molecule has 0 aromatic heterocycles. The maximum atomic E-state index is 2.60. The zero-order valence-corrected chi connectivity index (χ0v) is 14.4. The number of hydrogen-bond donors (Lipinski definition) is 0. The Hall–Kier alpha value is 0. The van der Waals surface area contributed by atoms with E-state index in [9.17, 15) is 0 Å². The summed E-state index contributed by atoms with van der Waals surface area (Å²) in [7, 11) is 0. The molecule has 2 aliphatic rings. The van der Waals surface area contributed by atoms with E-state index in [4.69, 9.17) is 0 Å². The van der Waals surface area contributed by atoms with E-state index in [2.05, 4.69) is 41.5 Å². The van der Waals surface area contributed by atoms with Crippen LogP contribution in [-0.4, -0.2) is 0 Å². The summed E-state index contributed by atoms with van der Waals surface area (Å²) in [5, 5.41) is 0. The lowest BCUT2D eigenvalue weighted by molar-refractivity contribution is 0.125. The van der Waals surface area contributed by atoms with Crippen molar-refractivity contribution in [3.8, 4) is 0 Å². The van der Waals surface area contributed by atoms with E-state index in [1.54, 1.807) is 0 Å².